The van der Waals surface area contributed by atoms with Crippen molar-refractivity contribution in [3.8, 4) is 11.3 Å². The number of benzene rings is 2. The van der Waals surface area contributed by atoms with Crippen LogP contribution in [0.4, 0.5) is 18.9 Å². The van der Waals surface area contributed by atoms with E-state index in [1.54, 1.807) is 30.3 Å². The fourth-order valence-corrected chi connectivity index (χ4v) is 4.69. The summed E-state index contributed by atoms with van der Waals surface area (Å²) in [4.78, 5) is 14.1. The van der Waals surface area contributed by atoms with Gasteiger partial charge < -0.3 is 4.42 Å². The molecule has 1 aliphatic rings. The van der Waals surface area contributed by atoms with Crippen molar-refractivity contribution in [1.82, 2.24) is 0 Å². The van der Waals surface area contributed by atoms with Crippen LogP contribution < -0.4 is 4.90 Å². The van der Waals surface area contributed by atoms with Gasteiger partial charge >= 0.3 is 6.18 Å². The predicted octanol–water partition coefficient (Wildman–Crippen LogP) is 7.68. The molecule has 0 bridgehead atoms. The highest BCUT2D eigenvalue weighted by Gasteiger charge is 2.36. The molecule has 2 heterocycles. The number of amides is 1. The molecule has 0 unspecified atom stereocenters. The molecule has 1 fully saturated rings. The fraction of sp³-hybridized carbons (Fsp3) is 0.0476. The number of hydrogen-bond donors (Lipinski definition) is 0. The molecule has 3 aromatic rings. The third-order valence-electron chi connectivity index (χ3n) is 4.32. The van der Waals surface area contributed by atoms with Crippen molar-refractivity contribution in [2.24, 2.45) is 0 Å². The lowest BCUT2D eigenvalue weighted by molar-refractivity contribution is -0.137. The number of anilines is 1. The Bertz CT molecular complexity index is 1240. The second-order valence-corrected chi connectivity index (χ2v) is 8.91. The van der Waals surface area contributed by atoms with Crippen molar-refractivity contribution in [1.29, 1.82) is 0 Å². The summed E-state index contributed by atoms with van der Waals surface area (Å²) in [6.45, 7) is 0. The first-order valence-electron chi connectivity index (χ1n) is 8.64. The Morgan fingerprint density at radius 3 is 2.55 bits per heavy atom. The first-order chi connectivity index (χ1) is 14.6. The minimum Gasteiger partial charge on any atom is -0.457 e. The molecule has 0 radical (unpaired) electrons. The smallest absolute Gasteiger partial charge is 0.416 e. The number of carbonyl (C=O) groups excluding carboxylic acids is 1. The monoisotopic (exact) mass is 499 g/mol. The van der Waals surface area contributed by atoms with Crippen LogP contribution in [-0.4, -0.2) is 10.2 Å². The number of thiocarbonyl (C=S) groups is 1. The number of furan rings is 1. The lowest BCUT2D eigenvalue weighted by Gasteiger charge is -2.16. The van der Waals surface area contributed by atoms with E-state index < -0.39 is 17.6 Å². The molecule has 1 aromatic heterocycles. The van der Waals surface area contributed by atoms with E-state index in [2.05, 4.69) is 0 Å². The number of carbonyl (C=O) groups is 1. The van der Waals surface area contributed by atoms with Crippen LogP contribution >= 0.6 is 47.2 Å². The van der Waals surface area contributed by atoms with Gasteiger partial charge in [0.25, 0.3) is 5.91 Å². The van der Waals surface area contributed by atoms with E-state index in [9.17, 15) is 18.0 Å². The number of alkyl halides is 3. The Balaban J connectivity index is 1.62. The second kappa shape index (κ2) is 8.35. The summed E-state index contributed by atoms with van der Waals surface area (Å²) < 4.78 is 45.0. The molecule has 0 atom stereocenters. The molecular weight excluding hydrogens is 490 g/mol. The molecule has 158 valence electrons. The average molecular weight is 500 g/mol. The van der Waals surface area contributed by atoms with Gasteiger partial charge in [-0.3, -0.25) is 9.69 Å². The summed E-state index contributed by atoms with van der Waals surface area (Å²) in [6, 6.07) is 12.8. The largest absolute Gasteiger partial charge is 0.457 e. The molecule has 10 heteroatoms. The van der Waals surface area contributed by atoms with Crippen LogP contribution in [0.5, 0.6) is 0 Å². The van der Waals surface area contributed by atoms with Gasteiger partial charge in [0, 0.05) is 16.7 Å². The van der Waals surface area contributed by atoms with Crippen molar-refractivity contribution in [2.45, 2.75) is 6.18 Å². The quantitative estimate of drug-likeness (QED) is 0.273. The molecule has 3 nitrogen and oxygen atoms in total. The van der Waals surface area contributed by atoms with Crippen LogP contribution in [0.2, 0.25) is 10.0 Å². The van der Waals surface area contributed by atoms with Crippen LogP contribution in [0.1, 0.15) is 11.3 Å². The summed E-state index contributed by atoms with van der Waals surface area (Å²) in [6.07, 6.45) is -3.04. The van der Waals surface area contributed by atoms with Crippen molar-refractivity contribution < 1.29 is 22.4 Å². The van der Waals surface area contributed by atoms with E-state index in [1.165, 1.54) is 18.2 Å². The normalized spacial score (nSPS) is 15.9. The Kier molecular flexibility index (Phi) is 5.91. The maximum atomic E-state index is 13.0. The number of hydrogen-bond acceptors (Lipinski definition) is 4. The highest BCUT2D eigenvalue weighted by atomic mass is 35.5. The highest BCUT2D eigenvalue weighted by Crippen LogP contribution is 2.39. The van der Waals surface area contributed by atoms with Gasteiger partial charge in [0.2, 0.25) is 0 Å². The molecule has 1 saturated heterocycles. The summed E-state index contributed by atoms with van der Waals surface area (Å²) in [5.74, 6) is 0.309. The second-order valence-electron chi connectivity index (χ2n) is 6.39. The lowest BCUT2D eigenvalue weighted by atomic mass is 10.2. The maximum Gasteiger partial charge on any atom is 0.416 e. The number of halogens is 5. The standard InChI is InChI=1S/C21H10Cl2F3NO2S2/c22-12-4-6-15(16(23)9-12)17-7-5-14(29-17)10-18-19(28)27(20(30)31-18)13-3-1-2-11(8-13)21(24,25)26/h1-10H. The zero-order valence-corrected chi connectivity index (χ0v) is 18.4. The molecule has 1 aliphatic heterocycles. The fourth-order valence-electron chi connectivity index (χ4n) is 2.91. The summed E-state index contributed by atoms with van der Waals surface area (Å²) in [5.41, 5.74) is -0.186. The highest BCUT2D eigenvalue weighted by molar-refractivity contribution is 8.27. The van der Waals surface area contributed by atoms with Crippen LogP contribution in [0, 0.1) is 0 Å². The molecule has 2 aromatic carbocycles. The minimum absolute atomic E-state index is 0.0498. The Hall–Kier alpha value is -2.26. The van der Waals surface area contributed by atoms with E-state index in [-0.39, 0.29) is 14.9 Å². The lowest BCUT2D eigenvalue weighted by Crippen LogP contribution is -2.27. The average Bonchev–Trinajstić information content (AvgIpc) is 3.26. The summed E-state index contributed by atoms with van der Waals surface area (Å²) >= 11 is 18.3. The van der Waals surface area contributed by atoms with Gasteiger partial charge in [0.1, 0.15) is 11.5 Å². The van der Waals surface area contributed by atoms with Crippen LogP contribution in [0.3, 0.4) is 0 Å². The molecule has 0 saturated carbocycles. The van der Waals surface area contributed by atoms with Gasteiger partial charge in [-0.15, -0.1) is 0 Å². The Morgan fingerprint density at radius 1 is 1.06 bits per heavy atom. The van der Waals surface area contributed by atoms with Gasteiger partial charge in [0.05, 0.1) is 21.2 Å². The van der Waals surface area contributed by atoms with Gasteiger partial charge in [-0.05, 0) is 48.5 Å². The van der Waals surface area contributed by atoms with Crippen LogP contribution in [0.25, 0.3) is 17.4 Å². The Labute approximate surface area is 194 Å². The van der Waals surface area contributed by atoms with E-state index in [0.717, 1.165) is 28.8 Å². The number of rotatable bonds is 3. The number of thioether (sulfide) groups is 1. The zero-order chi connectivity index (χ0) is 22.3. The molecular formula is C21H10Cl2F3NO2S2. The Morgan fingerprint density at radius 2 is 1.84 bits per heavy atom. The van der Waals surface area contributed by atoms with Gasteiger partial charge in [-0.2, -0.15) is 13.2 Å². The molecule has 31 heavy (non-hydrogen) atoms. The van der Waals surface area contributed by atoms with E-state index in [4.69, 9.17) is 39.8 Å². The SMILES string of the molecule is O=C1C(=Cc2ccc(-c3ccc(Cl)cc3Cl)o2)SC(=S)N1c1cccc(C(F)(F)F)c1. The van der Waals surface area contributed by atoms with E-state index in [1.807, 2.05) is 0 Å². The topological polar surface area (TPSA) is 33.5 Å². The molecule has 0 spiro atoms. The summed E-state index contributed by atoms with van der Waals surface area (Å²) in [7, 11) is 0. The first kappa shape index (κ1) is 22.0. The molecule has 4 rings (SSSR count). The molecule has 1 amide bonds. The molecule has 0 aliphatic carbocycles. The van der Waals surface area contributed by atoms with Crippen molar-refractivity contribution >= 4 is 69.2 Å². The summed E-state index contributed by atoms with van der Waals surface area (Å²) in [5, 5.41) is 0.892. The van der Waals surface area contributed by atoms with Crippen molar-refractivity contribution in [2.75, 3.05) is 4.90 Å². The van der Waals surface area contributed by atoms with Crippen LogP contribution in [-0.2, 0) is 11.0 Å². The van der Waals surface area contributed by atoms with Crippen molar-refractivity contribution in [3.05, 3.63) is 80.9 Å². The van der Waals surface area contributed by atoms with Gasteiger partial charge in [-0.1, -0.05) is 53.2 Å². The van der Waals surface area contributed by atoms with Gasteiger partial charge in [0.15, 0.2) is 4.32 Å². The van der Waals surface area contributed by atoms with Crippen molar-refractivity contribution in [3.63, 3.8) is 0 Å². The van der Waals surface area contributed by atoms with E-state index >= 15 is 0 Å². The first-order valence-corrected chi connectivity index (χ1v) is 10.6. The van der Waals surface area contributed by atoms with Crippen LogP contribution in [0.15, 0.2) is 63.9 Å². The van der Waals surface area contributed by atoms with Gasteiger partial charge in [-0.25, -0.2) is 0 Å². The third-order valence-corrected chi connectivity index (χ3v) is 6.17. The minimum atomic E-state index is -4.53. The third kappa shape index (κ3) is 4.52. The zero-order valence-electron chi connectivity index (χ0n) is 15.2. The van der Waals surface area contributed by atoms with E-state index in [0.29, 0.717) is 27.1 Å². The maximum absolute atomic E-state index is 13.0. The predicted molar refractivity (Wildman–Crippen MR) is 121 cm³/mol. The number of nitrogens with zero attached hydrogens (tertiary/aromatic N) is 1. The molecule has 0 N–H and O–H groups in total.